The molecule has 0 aliphatic rings. The van der Waals surface area contributed by atoms with Gasteiger partial charge in [0.05, 0.1) is 55.8 Å². The summed E-state index contributed by atoms with van der Waals surface area (Å²) >= 11 is 0. The Labute approximate surface area is 333 Å². The van der Waals surface area contributed by atoms with E-state index < -0.39 is 17.7 Å². The standard InChI is InChI=1S/C42H91N6O6/c1-16-21-34(10)30-51-45-38(28-43-49-26-23-33(9)18-3)40(47-50-25-20-22-31(5)6)41(48-54-42(14,15)24-17-2)39(46-53-37(13)35(11)19-4)29-44-52-36(12)27-32(7)8/h31-37,39-41,43-48H,16-30H2,1-15H3. The van der Waals surface area contributed by atoms with Crippen LogP contribution in [0.5, 0.6) is 0 Å². The van der Waals surface area contributed by atoms with Crippen LogP contribution in [0.3, 0.4) is 0 Å². The van der Waals surface area contributed by atoms with Crippen molar-refractivity contribution in [2.45, 2.75) is 204 Å². The quantitative estimate of drug-likeness (QED) is 0.0266. The van der Waals surface area contributed by atoms with E-state index in [1.165, 1.54) is 0 Å². The lowest BCUT2D eigenvalue weighted by Crippen LogP contribution is -2.66. The summed E-state index contributed by atoms with van der Waals surface area (Å²) in [6.07, 6.45) is 10.1. The molecule has 12 heteroatoms. The molecule has 12 nitrogen and oxygen atoms in total. The number of hydroxylamine groups is 6. The minimum absolute atomic E-state index is 0.0272. The van der Waals surface area contributed by atoms with Gasteiger partial charge < -0.3 is 14.5 Å². The number of rotatable bonds is 38. The van der Waals surface area contributed by atoms with Gasteiger partial charge >= 0.3 is 0 Å². The van der Waals surface area contributed by atoms with Crippen LogP contribution in [-0.2, 0) is 29.0 Å². The highest BCUT2D eigenvalue weighted by Gasteiger charge is 2.39. The van der Waals surface area contributed by atoms with E-state index in [4.69, 9.17) is 29.0 Å². The SMILES string of the molecule is CCCC(C)CON[C](CNOCCC(C)CC)C(NOCCCC(C)C)C(NOC(C)(C)CCC)C(CNOC(C)CC(C)C)NOC(C)C(C)CC. The van der Waals surface area contributed by atoms with Crippen LogP contribution in [0, 0.1) is 35.6 Å². The monoisotopic (exact) mass is 776 g/mol. The van der Waals surface area contributed by atoms with Crippen molar-refractivity contribution >= 4 is 0 Å². The molecule has 6 N–H and O–H groups in total. The topological polar surface area (TPSA) is 128 Å². The molecule has 325 valence electrons. The first kappa shape index (κ1) is 53.5. The highest BCUT2D eigenvalue weighted by Crippen LogP contribution is 2.20. The normalized spacial score (nSPS) is 17.2. The molecule has 0 amide bonds. The van der Waals surface area contributed by atoms with E-state index in [9.17, 15) is 0 Å². The van der Waals surface area contributed by atoms with Crippen molar-refractivity contribution in [3.8, 4) is 0 Å². The first-order valence-corrected chi connectivity index (χ1v) is 21.8. The molecule has 0 rings (SSSR count). The summed E-state index contributed by atoms with van der Waals surface area (Å²) in [7, 11) is 0. The second-order valence-corrected chi connectivity index (χ2v) is 17.4. The molecule has 54 heavy (non-hydrogen) atoms. The first-order valence-electron chi connectivity index (χ1n) is 21.8. The van der Waals surface area contributed by atoms with Crippen LogP contribution in [-0.4, -0.2) is 68.8 Å². The largest absolute Gasteiger partial charge is 0.302 e. The zero-order chi connectivity index (χ0) is 40.9. The smallest absolute Gasteiger partial charge is 0.100 e. The Balaban J connectivity index is 6.88. The van der Waals surface area contributed by atoms with E-state index >= 15 is 0 Å². The van der Waals surface area contributed by atoms with E-state index in [1.54, 1.807) is 0 Å². The summed E-state index contributed by atoms with van der Waals surface area (Å²) in [4.78, 5) is 37.7. The molecular formula is C42H91N6O6. The minimum Gasteiger partial charge on any atom is -0.302 e. The number of hydrogen-bond donors (Lipinski definition) is 6. The Hall–Kier alpha value is -0.480. The van der Waals surface area contributed by atoms with E-state index in [0.29, 0.717) is 62.5 Å². The average molecular weight is 776 g/mol. The van der Waals surface area contributed by atoms with Crippen LogP contribution in [0.15, 0.2) is 0 Å². The Morgan fingerprint density at radius 2 is 1.39 bits per heavy atom. The highest BCUT2D eigenvalue weighted by molar-refractivity contribution is 5.06. The van der Waals surface area contributed by atoms with Gasteiger partial charge in [0.1, 0.15) is 6.04 Å². The van der Waals surface area contributed by atoms with Gasteiger partial charge in [-0.2, -0.15) is 21.9 Å². The molecule has 0 saturated heterocycles. The maximum Gasteiger partial charge on any atom is 0.100 e. The fourth-order valence-corrected chi connectivity index (χ4v) is 5.94. The van der Waals surface area contributed by atoms with E-state index in [1.807, 2.05) is 0 Å². The van der Waals surface area contributed by atoms with Crippen LogP contribution < -0.4 is 32.9 Å². The molecule has 0 aromatic rings. The van der Waals surface area contributed by atoms with Crippen LogP contribution >= 0.6 is 0 Å². The van der Waals surface area contributed by atoms with Gasteiger partial charge in [-0.3, -0.25) is 14.5 Å². The van der Waals surface area contributed by atoms with Gasteiger partial charge in [0.25, 0.3) is 0 Å². The van der Waals surface area contributed by atoms with Crippen molar-refractivity contribution in [2.75, 3.05) is 32.9 Å². The molecular weight excluding hydrogens is 684 g/mol. The second kappa shape index (κ2) is 32.5. The van der Waals surface area contributed by atoms with Crippen LogP contribution in [0.2, 0.25) is 0 Å². The van der Waals surface area contributed by atoms with Crippen molar-refractivity contribution in [3.63, 3.8) is 0 Å². The van der Waals surface area contributed by atoms with Gasteiger partial charge in [-0.15, -0.1) is 0 Å². The first-order chi connectivity index (χ1) is 25.6. The summed E-state index contributed by atoms with van der Waals surface area (Å²) in [6.45, 7) is 35.2. The second-order valence-electron chi connectivity index (χ2n) is 17.4. The number of hydrogen-bond acceptors (Lipinski definition) is 12. The molecule has 0 spiro atoms. The highest BCUT2D eigenvalue weighted by atomic mass is 16.7. The van der Waals surface area contributed by atoms with Gasteiger partial charge in [0.15, 0.2) is 0 Å². The maximum absolute atomic E-state index is 6.57. The van der Waals surface area contributed by atoms with Crippen LogP contribution in [0.1, 0.15) is 168 Å². The van der Waals surface area contributed by atoms with Gasteiger partial charge in [-0.1, -0.05) is 102 Å². The van der Waals surface area contributed by atoms with Gasteiger partial charge in [0.2, 0.25) is 0 Å². The van der Waals surface area contributed by atoms with Crippen LogP contribution in [0.25, 0.3) is 0 Å². The average Bonchev–Trinajstić information content (AvgIpc) is 3.10. The van der Waals surface area contributed by atoms with Crippen molar-refractivity contribution in [1.82, 2.24) is 32.9 Å². The lowest BCUT2D eigenvalue weighted by molar-refractivity contribution is -0.143. The molecule has 8 atom stereocenters. The van der Waals surface area contributed by atoms with Gasteiger partial charge in [-0.25, -0.2) is 11.0 Å². The van der Waals surface area contributed by atoms with E-state index in [0.717, 1.165) is 70.3 Å². The predicted octanol–water partition coefficient (Wildman–Crippen LogP) is 8.51. The molecule has 0 fully saturated rings. The molecule has 0 heterocycles. The third kappa shape index (κ3) is 27.2. The van der Waals surface area contributed by atoms with Gasteiger partial charge in [-0.05, 0) is 95.8 Å². The number of nitrogens with one attached hydrogen (secondary N) is 6. The summed E-state index contributed by atoms with van der Waals surface area (Å²) in [5.41, 5.74) is 19.8. The van der Waals surface area contributed by atoms with E-state index in [2.05, 4.69) is 137 Å². The zero-order valence-corrected chi connectivity index (χ0v) is 37.8. The fourth-order valence-electron chi connectivity index (χ4n) is 5.94. The molecule has 8 unspecified atom stereocenters. The Morgan fingerprint density at radius 3 is 2.00 bits per heavy atom. The zero-order valence-electron chi connectivity index (χ0n) is 37.8. The van der Waals surface area contributed by atoms with E-state index in [-0.39, 0.29) is 18.2 Å². The maximum atomic E-state index is 6.57. The van der Waals surface area contributed by atoms with Crippen molar-refractivity contribution in [3.05, 3.63) is 6.04 Å². The van der Waals surface area contributed by atoms with Crippen molar-refractivity contribution < 1.29 is 29.0 Å². The van der Waals surface area contributed by atoms with Crippen LogP contribution in [0.4, 0.5) is 0 Å². The molecule has 0 aromatic carbocycles. The molecule has 0 aliphatic heterocycles. The Kier molecular flexibility index (Phi) is 32.2. The fraction of sp³-hybridized carbons (Fsp3) is 0.976. The third-order valence-electron chi connectivity index (χ3n) is 10.1. The summed E-state index contributed by atoms with van der Waals surface area (Å²) < 4.78 is 0. The Bertz CT molecular complexity index is 843. The molecule has 0 aliphatic carbocycles. The lowest BCUT2D eigenvalue weighted by atomic mass is 9.95. The molecule has 0 saturated carbocycles. The van der Waals surface area contributed by atoms with Crippen molar-refractivity contribution in [1.29, 1.82) is 0 Å². The third-order valence-corrected chi connectivity index (χ3v) is 10.1. The summed E-state index contributed by atoms with van der Waals surface area (Å²) in [6, 6.07) is -0.494. The molecule has 0 aromatic heterocycles. The predicted molar refractivity (Wildman–Crippen MR) is 223 cm³/mol. The molecule has 0 bridgehead atoms. The molecule has 1 radical (unpaired) electrons. The van der Waals surface area contributed by atoms with Crippen molar-refractivity contribution in [2.24, 2.45) is 29.6 Å². The lowest BCUT2D eigenvalue weighted by Gasteiger charge is -2.40. The summed E-state index contributed by atoms with van der Waals surface area (Å²) in [5.74, 6) is 2.45. The Morgan fingerprint density at radius 1 is 0.667 bits per heavy atom. The minimum atomic E-state index is -0.483. The van der Waals surface area contributed by atoms with Gasteiger partial charge in [0, 0.05) is 13.1 Å². The summed E-state index contributed by atoms with van der Waals surface area (Å²) in [5, 5.41) is 0.